The van der Waals surface area contributed by atoms with E-state index >= 15 is 0 Å². The van der Waals surface area contributed by atoms with Crippen LogP contribution in [0.5, 0.6) is 0 Å². The summed E-state index contributed by atoms with van der Waals surface area (Å²) in [5.74, 6) is 0.315. The topological polar surface area (TPSA) is 87.1 Å². The number of rotatable bonds is 4. The van der Waals surface area contributed by atoms with E-state index in [1.54, 1.807) is 30.3 Å². The lowest BCUT2D eigenvalue weighted by Gasteiger charge is -2.13. The van der Waals surface area contributed by atoms with Crippen molar-refractivity contribution in [2.45, 2.75) is 6.10 Å². The fourth-order valence-electron chi connectivity index (χ4n) is 1.60. The second-order valence-electron chi connectivity index (χ2n) is 4.16. The van der Waals surface area contributed by atoms with Gasteiger partial charge in [-0.2, -0.15) is 5.10 Å². The minimum Gasteiger partial charge on any atom is -0.387 e. The van der Waals surface area contributed by atoms with E-state index in [1.807, 2.05) is 0 Å². The number of aromatic nitrogens is 2. The van der Waals surface area contributed by atoms with E-state index in [-0.39, 0.29) is 6.54 Å². The molecule has 0 aliphatic carbocycles. The van der Waals surface area contributed by atoms with Crippen LogP contribution in [0.3, 0.4) is 0 Å². The normalized spacial score (nSPS) is 11.8. The number of carbonyl (C=O) groups is 1. The van der Waals surface area contributed by atoms with Crippen LogP contribution in [0.15, 0.2) is 36.5 Å². The van der Waals surface area contributed by atoms with Crippen LogP contribution in [0.1, 0.15) is 11.7 Å². The molecule has 1 aromatic carbocycles. The molecule has 1 atom stereocenters. The van der Waals surface area contributed by atoms with Gasteiger partial charge in [-0.15, -0.1) is 5.10 Å². The molecule has 0 aliphatic rings. The van der Waals surface area contributed by atoms with E-state index in [0.29, 0.717) is 21.4 Å². The first-order valence-electron chi connectivity index (χ1n) is 6.01. The summed E-state index contributed by atoms with van der Waals surface area (Å²) in [6.45, 7) is 0.00274. The second-order valence-corrected chi connectivity index (χ2v) is 5.04. The maximum atomic E-state index is 11.6. The standard InChI is InChI=1S/C13H12Cl2N4O2/c14-9-4-8(5-10(15)6-9)11(20)7-16-13(21)18-12-2-1-3-17-19-12/h1-6,11,20H,7H2,(H2,16,18,19,21). The first-order valence-corrected chi connectivity index (χ1v) is 6.77. The van der Waals surface area contributed by atoms with E-state index < -0.39 is 12.1 Å². The molecule has 6 nitrogen and oxygen atoms in total. The molecule has 1 unspecified atom stereocenters. The second kappa shape index (κ2) is 7.21. The predicted octanol–water partition coefficient (Wildman–Crippen LogP) is 2.64. The first kappa shape index (κ1) is 15.5. The lowest BCUT2D eigenvalue weighted by atomic mass is 10.1. The number of nitrogens with zero attached hydrogens (tertiary/aromatic N) is 2. The number of aliphatic hydroxyl groups is 1. The number of anilines is 1. The van der Waals surface area contributed by atoms with E-state index in [9.17, 15) is 9.90 Å². The Hall–Kier alpha value is -1.89. The summed E-state index contributed by atoms with van der Waals surface area (Å²) >= 11 is 11.7. The number of aliphatic hydroxyl groups excluding tert-OH is 1. The molecule has 21 heavy (non-hydrogen) atoms. The van der Waals surface area contributed by atoms with Gasteiger partial charge in [-0.05, 0) is 35.9 Å². The zero-order chi connectivity index (χ0) is 15.2. The van der Waals surface area contributed by atoms with Gasteiger partial charge in [-0.3, -0.25) is 5.32 Å². The van der Waals surface area contributed by atoms with Gasteiger partial charge in [0, 0.05) is 22.8 Å². The summed E-state index contributed by atoms with van der Waals surface area (Å²) < 4.78 is 0. The highest BCUT2D eigenvalue weighted by molar-refractivity contribution is 6.34. The lowest BCUT2D eigenvalue weighted by molar-refractivity contribution is 0.175. The summed E-state index contributed by atoms with van der Waals surface area (Å²) in [6, 6.07) is 7.47. The van der Waals surface area contributed by atoms with Crippen molar-refractivity contribution in [2.24, 2.45) is 0 Å². The average molecular weight is 327 g/mol. The monoisotopic (exact) mass is 326 g/mol. The number of hydrogen-bond acceptors (Lipinski definition) is 4. The molecule has 0 saturated carbocycles. The van der Waals surface area contributed by atoms with Crippen LogP contribution >= 0.6 is 23.2 Å². The third kappa shape index (κ3) is 4.86. The van der Waals surface area contributed by atoms with Gasteiger partial charge in [0.05, 0.1) is 6.10 Å². The summed E-state index contributed by atoms with van der Waals surface area (Å²) in [5.41, 5.74) is 0.521. The fraction of sp³-hybridized carbons (Fsp3) is 0.154. The molecule has 2 amide bonds. The molecule has 0 bridgehead atoms. The molecular formula is C13H12Cl2N4O2. The van der Waals surface area contributed by atoms with Crippen LogP contribution in [0.2, 0.25) is 10.0 Å². The Bertz CT molecular complexity index is 605. The molecule has 2 rings (SSSR count). The third-order valence-corrected chi connectivity index (χ3v) is 2.98. The van der Waals surface area contributed by atoms with E-state index in [1.165, 1.54) is 6.20 Å². The van der Waals surface area contributed by atoms with Gasteiger partial charge in [0.1, 0.15) is 0 Å². The number of halogens is 2. The molecule has 1 heterocycles. The number of hydrogen-bond donors (Lipinski definition) is 3. The Kier molecular flexibility index (Phi) is 5.32. The van der Waals surface area contributed by atoms with Crippen LogP contribution < -0.4 is 10.6 Å². The van der Waals surface area contributed by atoms with E-state index in [4.69, 9.17) is 23.2 Å². The van der Waals surface area contributed by atoms with Gasteiger partial charge in [-0.25, -0.2) is 4.79 Å². The van der Waals surface area contributed by atoms with Crippen molar-refractivity contribution in [3.8, 4) is 0 Å². The van der Waals surface area contributed by atoms with Gasteiger partial charge >= 0.3 is 6.03 Å². The minimum absolute atomic E-state index is 0.00274. The third-order valence-electron chi connectivity index (χ3n) is 2.54. The number of nitrogens with one attached hydrogen (secondary N) is 2. The lowest BCUT2D eigenvalue weighted by Crippen LogP contribution is -2.32. The molecule has 110 valence electrons. The predicted molar refractivity (Wildman–Crippen MR) is 80.5 cm³/mol. The largest absolute Gasteiger partial charge is 0.387 e. The zero-order valence-electron chi connectivity index (χ0n) is 10.8. The SMILES string of the molecule is O=C(NCC(O)c1cc(Cl)cc(Cl)c1)Nc1cccnn1. The molecular weight excluding hydrogens is 315 g/mol. The molecule has 2 aromatic rings. The fourth-order valence-corrected chi connectivity index (χ4v) is 2.15. The van der Waals surface area contributed by atoms with Gasteiger partial charge in [-0.1, -0.05) is 23.2 Å². The molecule has 0 fully saturated rings. The highest BCUT2D eigenvalue weighted by Crippen LogP contribution is 2.23. The molecule has 0 spiro atoms. The quantitative estimate of drug-likeness (QED) is 0.806. The van der Waals surface area contributed by atoms with Crippen LogP contribution in [0.25, 0.3) is 0 Å². The molecule has 0 aliphatic heterocycles. The molecule has 8 heteroatoms. The smallest absolute Gasteiger partial charge is 0.320 e. The summed E-state index contributed by atoms with van der Waals surface area (Å²) in [7, 11) is 0. The van der Waals surface area contributed by atoms with Crippen LogP contribution in [-0.4, -0.2) is 27.9 Å². The molecule has 0 saturated heterocycles. The van der Waals surface area contributed by atoms with Gasteiger partial charge < -0.3 is 10.4 Å². The Labute approximate surface area is 131 Å². The summed E-state index contributed by atoms with van der Waals surface area (Å²) in [6.07, 6.45) is 0.573. The first-order chi connectivity index (χ1) is 10.0. The van der Waals surface area contributed by atoms with Crippen molar-refractivity contribution in [3.05, 3.63) is 52.1 Å². The Morgan fingerprint density at radius 3 is 2.62 bits per heavy atom. The van der Waals surface area contributed by atoms with Crippen molar-refractivity contribution in [1.82, 2.24) is 15.5 Å². The van der Waals surface area contributed by atoms with E-state index in [0.717, 1.165) is 0 Å². The number of urea groups is 1. The van der Waals surface area contributed by atoms with Gasteiger partial charge in [0.25, 0.3) is 0 Å². The maximum Gasteiger partial charge on any atom is 0.320 e. The Morgan fingerprint density at radius 2 is 2.00 bits per heavy atom. The van der Waals surface area contributed by atoms with Crippen molar-refractivity contribution in [1.29, 1.82) is 0 Å². The van der Waals surface area contributed by atoms with Crippen LogP contribution in [0, 0.1) is 0 Å². The summed E-state index contributed by atoms with van der Waals surface area (Å²) in [5, 5.41) is 23.2. The van der Waals surface area contributed by atoms with Crippen molar-refractivity contribution >= 4 is 35.1 Å². The van der Waals surface area contributed by atoms with Gasteiger partial charge in [0.2, 0.25) is 0 Å². The van der Waals surface area contributed by atoms with Crippen molar-refractivity contribution in [3.63, 3.8) is 0 Å². The van der Waals surface area contributed by atoms with Crippen LogP contribution in [0.4, 0.5) is 10.6 Å². The molecule has 3 N–H and O–H groups in total. The van der Waals surface area contributed by atoms with Crippen molar-refractivity contribution < 1.29 is 9.90 Å². The number of benzene rings is 1. The number of amides is 2. The highest BCUT2D eigenvalue weighted by atomic mass is 35.5. The molecule has 0 radical (unpaired) electrons. The zero-order valence-corrected chi connectivity index (χ0v) is 12.3. The Balaban J connectivity index is 1.88. The maximum absolute atomic E-state index is 11.6. The average Bonchev–Trinajstić information content (AvgIpc) is 2.45. The molecule has 1 aromatic heterocycles. The minimum atomic E-state index is -0.922. The number of carbonyl (C=O) groups excluding carboxylic acids is 1. The Morgan fingerprint density at radius 1 is 1.29 bits per heavy atom. The van der Waals surface area contributed by atoms with Crippen molar-refractivity contribution in [2.75, 3.05) is 11.9 Å². The summed E-state index contributed by atoms with van der Waals surface area (Å²) in [4.78, 5) is 11.6. The van der Waals surface area contributed by atoms with Gasteiger partial charge in [0.15, 0.2) is 5.82 Å². The highest BCUT2D eigenvalue weighted by Gasteiger charge is 2.11. The van der Waals surface area contributed by atoms with E-state index in [2.05, 4.69) is 20.8 Å². The van der Waals surface area contributed by atoms with Crippen LogP contribution in [-0.2, 0) is 0 Å².